The number of hydrogen-bond donors (Lipinski definition) is 2. The molecule has 5 rings (SSSR count). The van der Waals surface area contributed by atoms with Gasteiger partial charge in [0.1, 0.15) is 5.75 Å². The van der Waals surface area contributed by atoms with E-state index in [9.17, 15) is 9.90 Å². The van der Waals surface area contributed by atoms with Crippen molar-refractivity contribution in [2.45, 2.75) is 52.9 Å². The van der Waals surface area contributed by atoms with Crippen molar-refractivity contribution in [3.63, 3.8) is 0 Å². The second kappa shape index (κ2) is 11.6. The Labute approximate surface area is 213 Å². The zero-order valence-electron chi connectivity index (χ0n) is 21.2. The van der Waals surface area contributed by atoms with Crippen molar-refractivity contribution in [2.75, 3.05) is 5.32 Å². The fourth-order valence-electron chi connectivity index (χ4n) is 4.44. The molecule has 3 aromatic carbocycles. The highest BCUT2D eigenvalue weighted by Crippen LogP contribution is 2.34. The molecule has 1 aromatic heterocycles. The van der Waals surface area contributed by atoms with E-state index in [-0.39, 0.29) is 18.1 Å². The number of aryl methyl sites for hydroxylation is 3. The molecule has 1 heterocycles. The summed E-state index contributed by atoms with van der Waals surface area (Å²) < 4.78 is 0. The highest BCUT2D eigenvalue weighted by Gasteiger charge is 2.22. The summed E-state index contributed by atoms with van der Waals surface area (Å²) in [7, 11) is 0. The van der Waals surface area contributed by atoms with E-state index in [1.165, 1.54) is 5.56 Å². The summed E-state index contributed by atoms with van der Waals surface area (Å²) in [5.41, 5.74) is 7.78. The van der Waals surface area contributed by atoms with Crippen LogP contribution in [0.15, 0.2) is 72.8 Å². The smallest absolute Gasteiger partial charge is 0.229 e. The largest absolute Gasteiger partial charge is 0.508 e. The quantitative estimate of drug-likeness (QED) is 0.345. The van der Waals surface area contributed by atoms with Crippen LogP contribution in [-0.4, -0.2) is 21.0 Å². The van der Waals surface area contributed by atoms with Crippen LogP contribution in [0.25, 0.3) is 11.3 Å². The summed E-state index contributed by atoms with van der Waals surface area (Å²) in [5, 5.41) is 13.0. The van der Waals surface area contributed by atoms with Gasteiger partial charge in [0.05, 0.1) is 23.5 Å². The Morgan fingerprint density at radius 1 is 0.917 bits per heavy atom. The molecule has 0 atom stereocenters. The van der Waals surface area contributed by atoms with Gasteiger partial charge in [0.25, 0.3) is 0 Å². The molecule has 2 N–H and O–H groups in total. The summed E-state index contributed by atoms with van der Waals surface area (Å²) in [6, 6.07) is 23.5. The maximum absolute atomic E-state index is 12.9. The number of fused-ring (bicyclic) bond motifs is 3. The predicted molar refractivity (Wildman–Crippen MR) is 145 cm³/mol. The van der Waals surface area contributed by atoms with Gasteiger partial charge >= 0.3 is 0 Å². The third kappa shape index (κ3) is 5.98. The fraction of sp³-hybridized carbons (Fsp3) is 0.258. The number of anilines is 1. The van der Waals surface area contributed by atoms with Crippen LogP contribution < -0.4 is 5.32 Å². The first-order chi connectivity index (χ1) is 17.5. The monoisotopic (exact) mass is 479 g/mol. The summed E-state index contributed by atoms with van der Waals surface area (Å²) in [6.45, 7) is 6.03. The molecule has 0 saturated heterocycles. The maximum atomic E-state index is 12.9. The molecule has 1 aliphatic rings. The van der Waals surface area contributed by atoms with Crippen LogP contribution in [-0.2, 0) is 30.5 Å². The van der Waals surface area contributed by atoms with Crippen LogP contribution in [0.3, 0.4) is 0 Å². The molecule has 184 valence electrons. The minimum absolute atomic E-state index is 0.105. The number of carbonyl (C=O) groups is 1. The first kappa shape index (κ1) is 25.1. The number of rotatable bonds is 5. The molecule has 5 nitrogen and oxygen atoms in total. The van der Waals surface area contributed by atoms with Crippen LogP contribution in [0.1, 0.15) is 53.9 Å². The number of phenolic OH excluding ortho intramolecular Hbond substituents is 1. The molecule has 36 heavy (non-hydrogen) atoms. The molecular weight excluding hydrogens is 446 g/mol. The Morgan fingerprint density at radius 2 is 1.67 bits per heavy atom. The Morgan fingerprint density at radius 3 is 2.42 bits per heavy atom. The molecule has 1 aliphatic carbocycles. The van der Waals surface area contributed by atoms with Gasteiger partial charge in [-0.25, -0.2) is 9.97 Å². The number of aromatic nitrogens is 2. The van der Waals surface area contributed by atoms with E-state index in [0.29, 0.717) is 12.2 Å². The van der Waals surface area contributed by atoms with Gasteiger partial charge in [0.15, 0.2) is 5.82 Å². The first-order valence-corrected chi connectivity index (χ1v) is 12.7. The standard InChI is InChI=1S/C29H27N3O2.C2H6/c1-19-10-12-21(13-11-19)17-27(34)32-29-26(16-20-6-3-2-4-7-20)30-28-24-15-14-23(33)18-22(24)8-5-9-25(28)31-29;1-2/h2-4,6-7,10-15,18,33H,5,8-9,16-17H2,1H3,(H,31,32,34);1-2H3. The molecule has 0 unspecified atom stereocenters. The van der Waals surface area contributed by atoms with Crippen molar-refractivity contribution in [2.24, 2.45) is 0 Å². The lowest BCUT2D eigenvalue weighted by atomic mass is 10.0. The Hall–Kier alpha value is -3.99. The summed E-state index contributed by atoms with van der Waals surface area (Å²) >= 11 is 0. The van der Waals surface area contributed by atoms with Gasteiger partial charge in [-0.2, -0.15) is 0 Å². The van der Waals surface area contributed by atoms with E-state index in [0.717, 1.165) is 58.6 Å². The van der Waals surface area contributed by atoms with E-state index in [2.05, 4.69) is 17.4 Å². The SMILES string of the molecule is CC.Cc1ccc(CC(=O)Nc2nc3c(nc2Cc2ccccc2)-c2ccc(O)cc2CCC3)cc1. The highest BCUT2D eigenvalue weighted by molar-refractivity contribution is 5.92. The second-order valence-corrected chi connectivity index (χ2v) is 8.88. The lowest BCUT2D eigenvalue weighted by molar-refractivity contribution is -0.115. The number of nitrogens with one attached hydrogen (secondary N) is 1. The normalized spacial score (nSPS) is 11.9. The molecule has 4 aromatic rings. The molecule has 0 aliphatic heterocycles. The lowest BCUT2D eigenvalue weighted by Gasteiger charge is -2.15. The number of hydrogen-bond acceptors (Lipinski definition) is 4. The predicted octanol–water partition coefficient (Wildman–Crippen LogP) is 6.44. The summed E-state index contributed by atoms with van der Waals surface area (Å²) in [5.74, 6) is 0.688. The zero-order valence-corrected chi connectivity index (χ0v) is 21.2. The van der Waals surface area contributed by atoms with E-state index < -0.39 is 0 Å². The van der Waals surface area contributed by atoms with Gasteiger partial charge in [0.2, 0.25) is 5.91 Å². The van der Waals surface area contributed by atoms with Gasteiger partial charge in [-0.15, -0.1) is 0 Å². The number of phenols is 1. The zero-order chi connectivity index (χ0) is 25.5. The van der Waals surface area contributed by atoms with Crippen LogP contribution in [0.4, 0.5) is 5.82 Å². The van der Waals surface area contributed by atoms with Crippen molar-refractivity contribution in [3.05, 3.63) is 106 Å². The molecule has 0 fully saturated rings. The maximum Gasteiger partial charge on any atom is 0.229 e. The third-order valence-electron chi connectivity index (χ3n) is 6.20. The van der Waals surface area contributed by atoms with Crippen LogP contribution >= 0.6 is 0 Å². The van der Waals surface area contributed by atoms with Crippen LogP contribution in [0.5, 0.6) is 5.75 Å². The molecular formula is C31H33N3O2. The van der Waals surface area contributed by atoms with Gasteiger partial charge in [-0.1, -0.05) is 74.0 Å². The van der Waals surface area contributed by atoms with Gasteiger partial charge in [0, 0.05) is 12.0 Å². The van der Waals surface area contributed by atoms with E-state index in [1.807, 2.05) is 75.4 Å². The third-order valence-corrected chi connectivity index (χ3v) is 6.20. The molecule has 1 amide bonds. The molecule has 0 spiro atoms. The van der Waals surface area contributed by atoms with Crippen molar-refractivity contribution < 1.29 is 9.90 Å². The highest BCUT2D eigenvalue weighted by atomic mass is 16.3. The van der Waals surface area contributed by atoms with Crippen LogP contribution in [0.2, 0.25) is 0 Å². The van der Waals surface area contributed by atoms with Crippen LogP contribution in [0, 0.1) is 6.92 Å². The van der Waals surface area contributed by atoms with Gasteiger partial charge < -0.3 is 10.4 Å². The van der Waals surface area contributed by atoms with E-state index in [4.69, 9.17) is 9.97 Å². The van der Waals surface area contributed by atoms with E-state index >= 15 is 0 Å². The summed E-state index contributed by atoms with van der Waals surface area (Å²) in [4.78, 5) is 22.9. The molecule has 0 radical (unpaired) electrons. The average Bonchev–Trinajstić information content (AvgIpc) is 3.06. The molecule has 0 saturated carbocycles. The molecule has 5 heteroatoms. The Bertz CT molecular complexity index is 1330. The number of nitrogens with zero attached hydrogens (tertiary/aromatic N) is 2. The number of carbonyl (C=O) groups excluding carboxylic acids is 1. The second-order valence-electron chi connectivity index (χ2n) is 8.88. The number of aromatic hydroxyl groups is 1. The Balaban J connectivity index is 0.00000148. The number of benzene rings is 3. The Kier molecular flexibility index (Phi) is 8.11. The van der Waals surface area contributed by atoms with Gasteiger partial charge in [-0.3, -0.25) is 4.79 Å². The lowest BCUT2D eigenvalue weighted by Crippen LogP contribution is -2.18. The van der Waals surface area contributed by atoms with Crippen molar-refractivity contribution in [1.82, 2.24) is 9.97 Å². The van der Waals surface area contributed by atoms with Gasteiger partial charge in [-0.05, 0) is 61.1 Å². The minimum Gasteiger partial charge on any atom is -0.508 e. The topological polar surface area (TPSA) is 75.1 Å². The minimum atomic E-state index is -0.105. The van der Waals surface area contributed by atoms with E-state index in [1.54, 1.807) is 6.07 Å². The molecule has 0 bridgehead atoms. The van der Waals surface area contributed by atoms with Crippen molar-refractivity contribution >= 4 is 11.7 Å². The summed E-state index contributed by atoms with van der Waals surface area (Å²) in [6.07, 6.45) is 3.38. The number of amides is 1. The van der Waals surface area contributed by atoms with Crippen molar-refractivity contribution in [1.29, 1.82) is 0 Å². The average molecular weight is 480 g/mol. The first-order valence-electron chi connectivity index (χ1n) is 12.7. The fourth-order valence-corrected chi connectivity index (χ4v) is 4.44. The van der Waals surface area contributed by atoms with Crippen molar-refractivity contribution in [3.8, 4) is 17.0 Å².